The van der Waals surface area contributed by atoms with E-state index in [1.54, 1.807) is 36.4 Å². The van der Waals surface area contributed by atoms with Crippen molar-refractivity contribution in [3.63, 3.8) is 0 Å². The summed E-state index contributed by atoms with van der Waals surface area (Å²) in [5.41, 5.74) is 3.92. The van der Waals surface area contributed by atoms with E-state index < -0.39 is 18.7 Å². The van der Waals surface area contributed by atoms with Gasteiger partial charge in [-0.2, -0.15) is 18.3 Å². The van der Waals surface area contributed by atoms with Crippen LogP contribution in [0.15, 0.2) is 60.8 Å². The van der Waals surface area contributed by atoms with Crippen molar-refractivity contribution < 1.29 is 32.5 Å². The standard InChI is InChI=1S/C33H33F3N6O4/c34-33(35,36)20-42-28-14-21(4-5-24(28)16-37-42)19-46-31-3-1-2-26(39-31)22-8-11-40(12-9-22)18-30-38-27-7-6-23(32(43)44)15-29(27)41(30)17-25-10-13-45-25/h1-7,14-16,22,25H,8-13,17-20H2,(H,43,44)/t25-/m0/s1. The van der Waals surface area contributed by atoms with Gasteiger partial charge in [0.15, 0.2) is 0 Å². The van der Waals surface area contributed by atoms with Crippen LogP contribution in [0.5, 0.6) is 5.88 Å². The van der Waals surface area contributed by atoms with Crippen molar-refractivity contribution in [2.45, 2.75) is 63.7 Å². The lowest BCUT2D eigenvalue weighted by Crippen LogP contribution is -2.35. The number of halogens is 3. The molecule has 46 heavy (non-hydrogen) atoms. The fourth-order valence-corrected chi connectivity index (χ4v) is 6.25. The second-order valence-corrected chi connectivity index (χ2v) is 12.0. The molecule has 7 rings (SSSR count). The number of fused-ring (bicyclic) bond motifs is 2. The Labute approximate surface area is 262 Å². The van der Waals surface area contributed by atoms with Gasteiger partial charge in [-0.15, -0.1) is 0 Å². The number of nitrogens with zero attached hydrogens (tertiary/aromatic N) is 6. The second-order valence-electron chi connectivity index (χ2n) is 12.0. The van der Waals surface area contributed by atoms with Crippen molar-refractivity contribution in [1.29, 1.82) is 0 Å². The summed E-state index contributed by atoms with van der Waals surface area (Å²) in [7, 11) is 0. The van der Waals surface area contributed by atoms with Gasteiger partial charge >= 0.3 is 12.1 Å². The minimum Gasteiger partial charge on any atom is -0.478 e. The van der Waals surface area contributed by atoms with Gasteiger partial charge < -0.3 is 19.1 Å². The van der Waals surface area contributed by atoms with E-state index in [1.807, 2.05) is 18.2 Å². The predicted molar refractivity (Wildman–Crippen MR) is 163 cm³/mol. The van der Waals surface area contributed by atoms with E-state index >= 15 is 0 Å². The molecule has 0 saturated carbocycles. The lowest BCUT2D eigenvalue weighted by atomic mass is 9.93. The zero-order chi connectivity index (χ0) is 31.8. The lowest BCUT2D eigenvalue weighted by molar-refractivity contribution is -0.141. The van der Waals surface area contributed by atoms with Crippen molar-refractivity contribution in [1.82, 2.24) is 29.2 Å². The van der Waals surface area contributed by atoms with E-state index in [9.17, 15) is 23.1 Å². The van der Waals surface area contributed by atoms with Gasteiger partial charge in [0.25, 0.3) is 0 Å². The first-order chi connectivity index (χ1) is 22.2. The molecule has 3 aromatic heterocycles. The zero-order valence-corrected chi connectivity index (χ0v) is 25.0. The number of benzene rings is 2. The molecule has 240 valence electrons. The number of pyridine rings is 1. The van der Waals surface area contributed by atoms with Crippen molar-refractivity contribution in [2.75, 3.05) is 19.7 Å². The Hall–Kier alpha value is -4.49. The van der Waals surface area contributed by atoms with Gasteiger partial charge in [0, 0.05) is 29.7 Å². The molecule has 13 heteroatoms. The summed E-state index contributed by atoms with van der Waals surface area (Å²) >= 11 is 0. The maximum atomic E-state index is 13.0. The fourth-order valence-electron chi connectivity index (χ4n) is 6.25. The maximum absolute atomic E-state index is 13.0. The molecule has 5 aromatic rings. The molecular formula is C33H33F3N6O4. The summed E-state index contributed by atoms with van der Waals surface area (Å²) in [6.07, 6.45) is -0.0311. The first kappa shape index (κ1) is 30.2. The molecule has 2 aliphatic rings. The molecule has 0 spiro atoms. The number of piperidine rings is 1. The molecule has 2 aromatic carbocycles. The van der Waals surface area contributed by atoms with Crippen molar-refractivity contribution in [3.8, 4) is 5.88 Å². The molecular weight excluding hydrogens is 601 g/mol. The highest BCUT2D eigenvalue weighted by Gasteiger charge is 2.29. The van der Waals surface area contributed by atoms with E-state index in [4.69, 9.17) is 19.4 Å². The third kappa shape index (κ3) is 6.56. The smallest absolute Gasteiger partial charge is 0.408 e. The van der Waals surface area contributed by atoms with Crippen LogP contribution in [0.2, 0.25) is 0 Å². The Morgan fingerprint density at radius 3 is 2.59 bits per heavy atom. The van der Waals surface area contributed by atoms with Crippen LogP contribution < -0.4 is 4.74 Å². The Morgan fingerprint density at radius 1 is 1.02 bits per heavy atom. The highest BCUT2D eigenvalue weighted by molar-refractivity contribution is 5.92. The number of hydrogen-bond donors (Lipinski definition) is 1. The normalized spacial score (nSPS) is 17.8. The third-order valence-corrected chi connectivity index (χ3v) is 8.79. The summed E-state index contributed by atoms with van der Waals surface area (Å²) in [6, 6.07) is 16.0. The van der Waals surface area contributed by atoms with Crippen LogP contribution in [0.4, 0.5) is 13.2 Å². The summed E-state index contributed by atoms with van der Waals surface area (Å²) < 4.78 is 53.6. The van der Waals surface area contributed by atoms with Gasteiger partial charge in [-0.1, -0.05) is 18.2 Å². The van der Waals surface area contributed by atoms with Crippen molar-refractivity contribution in [2.24, 2.45) is 0 Å². The average molecular weight is 635 g/mol. The number of alkyl halides is 3. The Bertz CT molecular complexity index is 1870. The van der Waals surface area contributed by atoms with E-state index in [0.29, 0.717) is 29.9 Å². The van der Waals surface area contributed by atoms with E-state index in [-0.39, 0.29) is 24.2 Å². The minimum atomic E-state index is -4.36. The van der Waals surface area contributed by atoms with Crippen LogP contribution in [-0.4, -0.2) is 72.3 Å². The molecule has 2 aliphatic heterocycles. The first-order valence-corrected chi connectivity index (χ1v) is 15.4. The largest absolute Gasteiger partial charge is 0.478 e. The SMILES string of the molecule is O=C(O)c1ccc2nc(CN3CCC(c4cccc(OCc5ccc6cnn(CC(F)(F)F)c6c5)n4)CC3)n(C[C@@H]3CCO3)c2c1. The summed E-state index contributed by atoms with van der Waals surface area (Å²) in [4.78, 5) is 23.6. The number of imidazole rings is 1. The van der Waals surface area contributed by atoms with Crippen LogP contribution in [0.3, 0.4) is 0 Å². The first-order valence-electron chi connectivity index (χ1n) is 15.4. The summed E-state index contributed by atoms with van der Waals surface area (Å²) in [5.74, 6) is 0.667. The third-order valence-electron chi connectivity index (χ3n) is 8.79. The van der Waals surface area contributed by atoms with E-state index in [0.717, 1.165) is 71.8 Å². The minimum absolute atomic E-state index is 0.108. The van der Waals surface area contributed by atoms with Crippen molar-refractivity contribution >= 4 is 27.9 Å². The van der Waals surface area contributed by atoms with Gasteiger partial charge in [0.2, 0.25) is 5.88 Å². The van der Waals surface area contributed by atoms with Crippen LogP contribution in [0.1, 0.15) is 52.6 Å². The van der Waals surface area contributed by atoms with Gasteiger partial charge in [-0.3, -0.25) is 9.58 Å². The highest BCUT2D eigenvalue weighted by Crippen LogP contribution is 2.30. The molecule has 1 N–H and O–H groups in total. The van der Waals surface area contributed by atoms with E-state index in [2.05, 4.69) is 14.6 Å². The molecule has 10 nitrogen and oxygen atoms in total. The second kappa shape index (κ2) is 12.4. The molecule has 2 saturated heterocycles. The Morgan fingerprint density at radius 2 is 1.85 bits per heavy atom. The molecule has 0 aliphatic carbocycles. The molecule has 0 bridgehead atoms. The molecule has 0 amide bonds. The van der Waals surface area contributed by atoms with Crippen LogP contribution in [0, 0.1) is 0 Å². The number of hydrogen-bond acceptors (Lipinski definition) is 7. The molecule has 0 radical (unpaired) electrons. The summed E-state index contributed by atoms with van der Waals surface area (Å²) in [5, 5.41) is 14.0. The number of carbonyl (C=O) groups is 1. The topological polar surface area (TPSA) is 108 Å². The van der Waals surface area contributed by atoms with Crippen LogP contribution in [-0.2, 0) is 31.0 Å². The zero-order valence-electron chi connectivity index (χ0n) is 25.0. The van der Waals surface area contributed by atoms with Crippen LogP contribution >= 0.6 is 0 Å². The van der Waals surface area contributed by atoms with E-state index in [1.165, 1.54) is 6.20 Å². The Kier molecular flexibility index (Phi) is 8.11. The Balaban J connectivity index is 0.988. The molecule has 0 unspecified atom stereocenters. The fraction of sp³-hybridized carbons (Fsp3) is 0.394. The number of aromatic carboxylic acids is 1. The molecule has 5 heterocycles. The quantitative estimate of drug-likeness (QED) is 0.206. The maximum Gasteiger partial charge on any atom is 0.408 e. The lowest BCUT2D eigenvalue weighted by Gasteiger charge is -2.32. The number of aromatic nitrogens is 5. The highest BCUT2D eigenvalue weighted by atomic mass is 19.4. The molecule has 2 fully saturated rings. The number of rotatable bonds is 10. The van der Waals surface area contributed by atoms with Gasteiger partial charge in [0.1, 0.15) is 19.0 Å². The monoisotopic (exact) mass is 634 g/mol. The average Bonchev–Trinajstić information content (AvgIpc) is 3.56. The number of carboxylic acid groups (broad SMARTS) is 1. The predicted octanol–water partition coefficient (Wildman–Crippen LogP) is 5.79. The van der Waals surface area contributed by atoms with Crippen molar-refractivity contribution in [3.05, 3.63) is 83.4 Å². The molecule has 1 atom stereocenters. The van der Waals surface area contributed by atoms with Gasteiger partial charge in [-0.05, 0) is 68.2 Å². The number of ether oxygens (including phenoxy) is 2. The number of likely N-dealkylation sites (tertiary alicyclic amines) is 1. The summed E-state index contributed by atoms with van der Waals surface area (Å²) in [6.45, 7) is 2.77. The van der Waals surface area contributed by atoms with Crippen LogP contribution in [0.25, 0.3) is 21.9 Å². The number of carboxylic acids is 1. The van der Waals surface area contributed by atoms with Gasteiger partial charge in [-0.25, -0.2) is 14.8 Å². The van der Waals surface area contributed by atoms with Gasteiger partial charge in [0.05, 0.1) is 47.5 Å².